The molecular weight excluding hydrogens is 329 g/mol. The lowest BCUT2D eigenvalue weighted by Crippen LogP contribution is -2.31. The molecule has 0 heterocycles. The van der Waals surface area contributed by atoms with Gasteiger partial charge in [-0.25, -0.2) is 0 Å². The number of hydrogen-bond donors (Lipinski definition) is 1. The molecule has 1 amide bonds. The van der Waals surface area contributed by atoms with Gasteiger partial charge in [0.05, 0.1) is 6.04 Å². The SMILES string of the molecule is O=C(CCc1c(Cl)cccc1Cl)N[C@H]1CCCc2ccccc21. The average Bonchev–Trinajstić information content (AvgIpc) is 2.55. The zero-order valence-corrected chi connectivity index (χ0v) is 14.3. The molecule has 120 valence electrons. The highest BCUT2D eigenvalue weighted by Gasteiger charge is 2.21. The molecular formula is C19H19Cl2NO. The Balaban J connectivity index is 1.63. The van der Waals surface area contributed by atoms with Crippen LogP contribution in [-0.4, -0.2) is 5.91 Å². The van der Waals surface area contributed by atoms with Crippen molar-refractivity contribution >= 4 is 29.1 Å². The van der Waals surface area contributed by atoms with Gasteiger partial charge in [0.15, 0.2) is 0 Å². The summed E-state index contributed by atoms with van der Waals surface area (Å²) in [7, 11) is 0. The molecule has 0 radical (unpaired) electrons. The van der Waals surface area contributed by atoms with Crippen LogP contribution in [0.2, 0.25) is 10.0 Å². The maximum Gasteiger partial charge on any atom is 0.220 e. The number of nitrogens with one attached hydrogen (secondary N) is 1. The van der Waals surface area contributed by atoms with Crippen LogP contribution in [0.25, 0.3) is 0 Å². The molecule has 2 nitrogen and oxygen atoms in total. The molecule has 0 aliphatic heterocycles. The predicted molar refractivity (Wildman–Crippen MR) is 95.0 cm³/mol. The normalized spacial score (nSPS) is 16.7. The third-order valence-electron chi connectivity index (χ3n) is 4.37. The molecule has 3 rings (SSSR count). The van der Waals surface area contributed by atoms with Gasteiger partial charge < -0.3 is 5.32 Å². The topological polar surface area (TPSA) is 29.1 Å². The number of benzene rings is 2. The van der Waals surface area contributed by atoms with E-state index in [4.69, 9.17) is 23.2 Å². The molecule has 0 saturated heterocycles. The minimum absolute atomic E-state index is 0.0442. The van der Waals surface area contributed by atoms with Crippen LogP contribution in [0.1, 0.15) is 42.0 Å². The second-order valence-corrected chi connectivity index (χ2v) is 6.73. The Morgan fingerprint density at radius 2 is 1.83 bits per heavy atom. The van der Waals surface area contributed by atoms with Gasteiger partial charge in [-0.1, -0.05) is 53.5 Å². The summed E-state index contributed by atoms with van der Waals surface area (Å²) in [5, 5.41) is 4.40. The quantitative estimate of drug-likeness (QED) is 0.816. The minimum Gasteiger partial charge on any atom is -0.349 e. The lowest BCUT2D eigenvalue weighted by Gasteiger charge is -2.26. The summed E-state index contributed by atoms with van der Waals surface area (Å²) in [6.07, 6.45) is 4.15. The zero-order chi connectivity index (χ0) is 16.2. The van der Waals surface area contributed by atoms with Crippen molar-refractivity contribution in [2.45, 2.75) is 38.1 Å². The monoisotopic (exact) mass is 347 g/mol. The smallest absolute Gasteiger partial charge is 0.220 e. The molecule has 1 atom stereocenters. The summed E-state index contributed by atoms with van der Waals surface area (Å²) in [4.78, 5) is 12.3. The Hall–Kier alpha value is -1.51. The molecule has 1 N–H and O–H groups in total. The fourth-order valence-electron chi connectivity index (χ4n) is 3.18. The third kappa shape index (κ3) is 3.88. The number of fused-ring (bicyclic) bond motifs is 1. The second kappa shape index (κ2) is 7.37. The van der Waals surface area contributed by atoms with Crippen LogP contribution in [0.5, 0.6) is 0 Å². The maximum atomic E-state index is 12.3. The Morgan fingerprint density at radius 3 is 2.61 bits per heavy atom. The minimum atomic E-state index is 0.0442. The highest BCUT2D eigenvalue weighted by Crippen LogP contribution is 2.30. The van der Waals surface area contributed by atoms with Gasteiger partial charge in [-0.05, 0) is 54.5 Å². The van der Waals surface area contributed by atoms with Crippen molar-refractivity contribution in [3.8, 4) is 0 Å². The first-order chi connectivity index (χ1) is 11.1. The van der Waals surface area contributed by atoms with E-state index in [1.807, 2.05) is 12.1 Å². The summed E-state index contributed by atoms with van der Waals surface area (Å²) < 4.78 is 0. The largest absolute Gasteiger partial charge is 0.349 e. The molecule has 1 aliphatic rings. The number of carbonyl (C=O) groups is 1. The van der Waals surface area contributed by atoms with Crippen LogP contribution in [0, 0.1) is 0 Å². The molecule has 0 spiro atoms. The number of amides is 1. The van der Waals surface area contributed by atoms with Crippen molar-refractivity contribution in [2.24, 2.45) is 0 Å². The molecule has 0 unspecified atom stereocenters. The number of aryl methyl sites for hydroxylation is 1. The fraction of sp³-hybridized carbons (Fsp3) is 0.316. The maximum absolute atomic E-state index is 12.3. The Morgan fingerprint density at radius 1 is 1.09 bits per heavy atom. The first kappa shape index (κ1) is 16.4. The molecule has 4 heteroatoms. The molecule has 2 aromatic carbocycles. The summed E-state index contributed by atoms with van der Waals surface area (Å²) in [5.74, 6) is 0.0442. The van der Waals surface area contributed by atoms with Crippen molar-refractivity contribution in [3.05, 3.63) is 69.2 Å². The lowest BCUT2D eigenvalue weighted by atomic mass is 9.87. The molecule has 0 aromatic heterocycles. The fourth-order valence-corrected chi connectivity index (χ4v) is 3.77. The average molecular weight is 348 g/mol. The van der Waals surface area contributed by atoms with Gasteiger partial charge in [-0.15, -0.1) is 0 Å². The molecule has 2 aromatic rings. The van der Waals surface area contributed by atoms with E-state index in [1.54, 1.807) is 12.1 Å². The second-order valence-electron chi connectivity index (χ2n) is 5.91. The van der Waals surface area contributed by atoms with Crippen molar-refractivity contribution in [1.82, 2.24) is 5.32 Å². The number of carbonyl (C=O) groups excluding carboxylic acids is 1. The Labute approximate surface area is 146 Å². The molecule has 0 saturated carbocycles. The zero-order valence-electron chi connectivity index (χ0n) is 12.8. The van der Waals surface area contributed by atoms with Crippen LogP contribution < -0.4 is 5.32 Å². The van der Waals surface area contributed by atoms with Gasteiger partial charge in [0.1, 0.15) is 0 Å². The van der Waals surface area contributed by atoms with E-state index >= 15 is 0 Å². The van der Waals surface area contributed by atoms with E-state index < -0.39 is 0 Å². The van der Waals surface area contributed by atoms with Crippen molar-refractivity contribution in [1.29, 1.82) is 0 Å². The van der Waals surface area contributed by atoms with Crippen molar-refractivity contribution in [2.75, 3.05) is 0 Å². The first-order valence-electron chi connectivity index (χ1n) is 7.95. The van der Waals surface area contributed by atoms with Gasteiger partial charge in [-0.3, -0.25) is 4.79 Å². The van der Waals surface area contributed by atoms with Crippen LogP contribution >= 0.6 is 23.2 Å². The van der Waals surface area contributed by atoms with Crippen LogP contribution in [0.15, 0.2) is 42.5 Å². The Bertz CT molecular complexity index is 694. The van der Waals surface area contributed by atoms with Crippen molar-refractivity contribution in [3.63, 3.8) is 0 Å². The van der Waals surface area contributed by atoms with E-state index in [2.05, 4.69) is 23.5 Å². The predicted octanol–water partition coefficient (Wildman–Crippen LogP) is 5.12. The van der Waals surface area contributed by atoms with Crippen LogP contribution in [0.4, 0.5) is 0 Å². The van der Waals surface area contributed by atoms with E-state index in [0.717, 1.165) is 24.8 Å². The van der Waals surface area contributed by atoms with E-state index in [0.29, 0.717) is 22.9 Å². The highest BCUT2D eigenvalue weighted by molar-refractivity contribution is 6.36. The Kier molecular flexibility index (Phi) is 5.24. The highest BCUT2D eigenvalue weighted by atomic mass is 35.5. The van der Waals surface area contributed by atoms with Gasteiger partial charge in [-0.2, -0.15) is 0 Å². The van der Waals surface area contributed by atoms with Gasteiger partial charge in [0, 0.05) is 16.5 Å². The van der Waals surface area contributed by atoms with Gasteiger partial charge in [0.25, 0.3) is 0 Å². The number of hydrogen-bond acceptors (Lipinski definition) is 1. The summed E-state index contributed by atoms with van der Waals surface area (Å²) >= 11 is 12.3. The van der Waals surface area contributed by atoms with E-state index in [-0.39, 0.29) is 11.9 Å². The van der Waals surface area contributed by atoms with Crippen molar-refractivity contribution < 1.29 is 4.79 Å². The van der Waals surface area contributed by atoms with E-state index in [9.17, 15) is 4.79 Å². The first-order valence-corrected chi connectivity index (χ1v) is 8.71. The number of rotatable bonds is 4. The van der Waals surface area contributed by atoms with E-state index in [1.165, 1.54) is 11.1 Å². The molecule has 23 heavy (non-hydrogen) atoms. The summed E-state index contributed by atoms with van der Waals surface area (Å²) in [6, 6.07) is 13.9. The third-order valence-corrected chi connectivity index (χ3v) is 5.08. The lowest BCUT2D eigenvalue weighted by molar-refractivity contribution is -0.121. The summed E-state index contributed by atoms with van der Waals surface area (Å²) in [6.45, 7) is 0. The molecule has 1 aliphatic carbocycles. The van der Waals surface area contributed by atoms with Gasteiger partial charge in [0.2, 0.25) is 5.91 Å². The van der Waals surface area contributed by atoms with Crippen LogP contribution in [-0.2, 0) is 17.6 Å². The van der Waals surface area contributed by atoms with Gasteiger partial charge >= 0.3 is 0 Å². The standard InChI is InChI=1S/C19H19Cl2NO/c20-16-8-4-9-17(21)15(16)11-12-19(23)22-18-10-3-6-13-5-1-2-7-14(13)18/h1-2,4-5,7-9,18H,3,6,10-12H2,(H,22,23)/t18-/m0/s1. The molecule has 0 fully saturated rings. The summed E-state index contributed by atoms with van der Waals surface area (Å²) in [5.41, 5.74) is 3.44. The van der Waals surface area contributed by atoms with Crippen LogP contribution in [0.3, 0.4) is 0 Å². The number of halogens is 2. The molecule has 0 bridgehead atoms.